The zero-order valence-corrected chi connectivity index (χ0v) is 13.8. The maximum absolute atomic E-state index is 10.9. The maximum Gasteiger partial charge on any atom is 0.231 e. The van der Waals surface area contributed by atoms with Crippen molar-refractivity contribution < 1.29 is 4.79 Å². The van der Waals surface area contributed by atoms with E-state index in [1.165, 1.54) is 0 Å². The van der Waals surface area contributed by atoms with Gasteiger partial charge in [0.1, 0.15) is 11.7 Å². The van der Waals surface area contributed by atoms with Gasteiger partial charge in [0, 0.05) is 32.2 Å². The van der Waals surface area contributed by atoms with Crippen LogP contribution in [0, 0.1) is 5.41 Å². The number of allylic oxidation sites excluding steroid dienone is 1. The van der Waals surface area contributed by atoms with Gasteiger partial charge in [0.05, 0.1) is 18.7 Å². The standard InChI is InChI=1S/C15H24N8O/c1-2-3-11-8-15(21-20-11)19-12(16)9-13(17)23-6-4-22(5-7-23)10-14(18)24/h2-3,8,17H,4-7,9-10H2,1H3,(H2,18,24)(H3,16,19,20,21)/b3-2+,17-13?. The van der Waals surface area contributed by atoms with E-state index in [-0.39, 0.29) is 18.9 Å². The molecule has 9 heteroatoms. The number of piperazine rings is 1. The van der Waals surface area contributed by atoms with E-state index in [1.54, 1.807) is 6.07 Å². The Morgan fingerprint density at radius 3 is 2.75 bits per heavy atom. The van der Waals surface area contributed by atoms with Gasteiger partial charge in [-0.1, -0.05) is 6.08 Å². The van der Waals surface area contributed by atoms with E-state index >= 15 is 0 Å². The molecule has 0 radical (unpaired) electrons. The number of nitrogens with one attached hydrogen (secondary N) is 2. The Bertz CT molecular complexity index is 640. The van der Waals surface area contributed by atoms with Crippen LogP contribution in [-0.4, -0.2) is 70.3 Å². The number of aromatic amines is 1. The molecule has 6 N–H and O–H groups in total. The van der Waals surface area contributed by atoms with Crippen molar-refractivity contribution >= 4 is 29.5 Å². The first-order valence-corrected chi connectivity index (χ1v) is 7.82. The lowest BCUT2D eigenvalue weighted by molar-refractivity contribution is -0.119. The summed E-state index contributed by atoms with van der Waals surface area (Å²) in [7, 11) is 0. The second kappa shape index (κ2) is 8.25. The molecule has 2 heterocycles. The fraction of sp³-hybridized carbons (Fsp3) is 0.467. The van der Waals surface area contributed by atoms with Gasteiger partial charge in [-0.3, -0.25) is 20.2 Å². The molecule has 1 aliphatic rings. The molecule has 130 valence electrons. The summed E-state index contributed by atoms with van der Waals surface area (Å²) in [4.78, 5) is 19.1. The van der Waals surface area contributed by atoms with Crippen LogP contribution in [0.15, 0.2) is 17.1 Å². The van der Waals surface area contributed by atoms with Gasteiger partial charge in [-0.25, -0.2) is 4.99 Å². The first-order valence-electron chi connectivity index (χ1n) is 7.82. The predicted octanol–water partition coefficient (Wildman–Crippen LogP) is -0.0982. The number of H-pyrrole nitrogens is 1. The molecule has 9 nitrogen and oxygen atoms in total. The minimum Gasteiger partial charge on any atom is -0.387 e. The average Bonchev–Trinajstić information content (AvgIpc) is 2.94. The molecule has 2 rings (SSSR count). The Morgan fingerprint density at radius 2 is 2.12 bits per heavy atom. The predicted molar refractivity (Wildman–Crippen MR) is 94.1 cm³/mol. The quantitative estimate of drug-likeness (QED) is 0.425. The third kappa shape index (κ3) is 5.20. The van der Waals surface area contributed by atoms with Crippen molar-refractivity contribution in [2.45, 2.75) is 13.3 Å². The van der Waals surface area contributed by atoms with E-state index in [1.807, 2.05) is 28.9 Å². The Labute approximate surface area is 140 Å². The fourth-order valence-electron chi connectivity index (χ4n) is 2.51. The van der Waals surface area contributed by atoms with Crippen molar-refractivity contribution in [1.29, 1.82) is 5.41 Å². The number of aliphatic imine (C=N–C) groups is 1. The van der Waals surface area contributed by atoms with Crippen molar-refractivity contribution in [2.75, 3.05) is 32.7 Å². The molecule has 1 fully saturated rings. The largest absolute Gasteiger partial charge is 0.387 e. The molecule has 1 aromatic rings. The van der Waals surface area contributed by atoms with Crippen LogP contribution in [0.1, 0.15) is 19.0 Å². The van der Waals surface area contributed by atoms with E-state index in [9.17, 15) is 4.79 Å². The Hall–Kier alpha value is -2.68. The van der Waals surface area contributed by atoms with Crippen molar-refractivity contribution in [2.24, 2.45) is 16.5 Å². The third-order valence-electron chi connectivity index (χ3n) is 3.67. The minimum absolute atomic E-state index is 0.262. The molecule has 24 heavy (non-hydrogen) atoms. The van der Waals surface area contributed by atoms with Crippen molar-refractivity contribution in [3.63, 3.8) is 0 Å². The van der Waals surface area contributed by atoms with E-state index in [0.717, 1.165) is 5.69 Å². The highest BCUT2D eigenvalue weighted by Gasteiger charge is 2.20. The van der Waals surface area contributed by atoms with Gasteiger partial charge in [-0.15, -0.1) is 0 Å². The number of carbonyl (C=O) groups excluding carboxylic acids is 1. The monoisotopic (exact) mass is 332 g/mol. The van der Waals surface area contributed by atoms with Gasteiger partial charge in [-0.05, 0) is 13.0 Å². The summed E-state index contributed by atoms with van der Waals surface area (Å²) < 4.78 is 0. The molecule has 0 spiro atoms. The Kier molecular flexibility index (Phi) is 6.07. The van der Waals surface area contributed by atoms with Crippen LogP contribution in [-0.2, 0) is 4.79 Å². The van der Waals surface area contributed by atoms with Crippen LogP contribution in [0.25, 0.3) is 6.08 Å². The number of primary amides is 1. The number of hydrogen-bond acceptors (Lipinski definition) is 5. The zero-order chi connectivity index (χ0) is 17.5. The third-order valence-corrected chi connectivity index (χ3v) is 3.67. The summed E-state index contributed by atoms with van der Waals surface area (Å²) >= 11 is 0. The topological polar surface area (TPSA) is 140 Å². The molecule has 0 aromatic carbocycles. The number of amidine groups is 2. The molecular formula is C15H24N8O. The summed E-state index contributed by atoms with van der Waals surface area (Å²) in [6, 6.07) is 1.79. The van der Waals surface area contributed by atoms with Gasteiger partial charge < -0.3 is 16.4 Å². The van der Waals surface area contributed by atoms with Crippen LogP contribution >= 0.6 is 0 Å². The van der Waals surface area contributed by atoms with Gasteiger partial charge in [0.2, 0.25) is 5.91 Å². The summed E-state index contributed by atoms with van der Waals surface area (Å²) in [5, 5.41) is 15.1. The number of carbonyl (C=O) groups is 1. The summed E-state index contributed by atoms with van der Waals surface area (Å²) in [6.45, 7) is 4.94. The normalized spacial score (nSPS) is 16.7. The second-order valence-electron chi connectivity index (χ2n) is 5.64. The average molecular weight is 332 g/mol. The highest BCUT2D eigenvalue weighted by molar-refractivity contribution is 6.01. The van der Waals surface area contributed by atoms with Crippen LogP contribution in [0.2, 0.25) is 0 Å². The zero-order valence-electron chi connectivity index (χ0n) is 13.8. The Balaban J connectivity index is 1.85. The Morgan fingerprint density at radius 1 is 1.42 bits per heavy atom. The molecule has 1 amide bonds. The molecule has 1 saturated heterocycles. The molecule has 0 saturated carbocycles. The van der Waals surface area contributed by atoms with Crippen molar-refractivity contribution in [3.05, 3.63) is 17.8 Å². The van der Waals surface area contributed by atoms with Gasteiger partial charge >= 0.3 is 0 Å². The minimum atomic E-state index is -0.328. The maximum atomic E-state index is 10.9. The molecule has 1 aromatic heterocycles. The lowest BCUT2D eigenvalue weighted by atomic mass is 10.2. The SMILES string of the molecule is C/C=C/c1cc(N=C(N)CC(=N)N2CCN(CC(N)=O)CC2)n[nH]1. The van der Waals surface area contributed by atoms with E-state index in [4.69, 9.17) is 16.9 Å². The number of rotatable bonds is 6. The smallest absolute Gasteiger partial charge is 0.231 e. The molecular weight excluding hydrogens is 308 g/mol. The molecule has 0 bridgehead atoms. The number of nitrogens with two attached hydrogens (primary N) is 2. The summed E-state index contributed by atoms with van der Waals surface area (Å²) in [5.41, 5.74) is 12.0. The van der Waals surface area contributed by atoms with Crippen LogP contribution in [0.4, 0.5) is 5.82 Å². The van der Waals surface area contributed by atoms with Crippen LogP contribution in [0.3, 0.4) is 0 Å². The van der Waals surface area contributed by atoms with Gasteiger partial charge in [0.15, 0.2) is 5.82 Å². The second-order valence-corrected chi connectivity index (χ2v) is 5.64. The van der Waals surface area contributed by atoms with E-state index in [2.05, 4.69) is 15.2 Å². The summed E-state index contributed by atoms with van der Waals surface area (Å²) in [5.74, 6) is 0.933. The molecule has 0 aliphatic carbocycles. The first kappa shape index (κ1) is 17.7. The molecule has 1 aliphatic heterocycles. The van der Waals surface area contributed by atoms with E-state index < -0.39 is 0 Å². The van der Waals surface area contributed by atoms with Crippen molar-refractivity contribution in [1.82, 2.24) is 20.0 Å². The number of hydrogen-bond donors (Lipinski definition) is 4. The number of nitrogens with zero attached hydrogens (tertiary/aromatic N) is 4. The van der Waals surface area contributed by atoms with Crippen LogP contribution < -0.4 is 11.5 Å². The van der Waals surface area contributed by atoms with Gasteiger partial charge in [0.25, 0.3) is 0 Å². The number of amides is 1. The van der Waals surface area contributed by atoms with Gasteiger partial charge in [-0.2, -0.15) is 5.10 Å². The number of aromatic nitrogens is 2. The highest BCUT2D eigenvalue weighted by Crippen LogP contribution is 2.11. The molecule has 0 unspecified atom stereocenters. The van der Waals surface area contributed by atoms with E-state index in [0.29, 0.717) is 43.7 Å². The molecule has 0 atom stereocenters. The lowest BCUT2D eigenvalue weighted by Crippen LogP contribution is -2.50. The highest BCUT2D eigenvalue weighted by atomic mass is 16.1. The van der Waals surface area contributed by atoms with Crippen molar-refractivity contribution in [3.8, 4) is 0 Å². The lowest BCUT2D eigenvalue weighted by Gasteiger charge is -2.35. The summed E-state index contributed by atoms with van der Waals surface area (Å²) in [6.07, 6.45) is 4.05. The van der Waals surface area contributed by atoms with Crippen LogP contribution in [0.5, 0.6) is 0 Å². The first-order chi connectivity index (χ1) is 11.5. The fourth-order valence-corrected chi connectivity index (χ4v) is 2.51.